The van der Waals surface area contributed by atoms with Crippen molar-refractivity contribution in [2.45, 2.75) is 6.61 Å². The summed E-state index contributed by atoms with van der Waals surface area (Å²) in [6.45, 7) is 0.197. The molecule has 2 aromatic carbocycles. The van der Waals surface area contributed by atoms with E-state index < -0.39 is 5.97 Å². The summed E-state index contributed by atoms with van der Waals surface area (Å²) in [7, 11) is 0. The van der Waals surface area contributed by atoms with E-state index in [1.807, 2.05) is 0 Å². The molecule has 3 nitrogen and oxygen atoms in total. The highest BCUT2D eigenvalue weighted by molar-refractivity contribution is 9.10. The maximum Gasteiger partial charge on any atom is 0.335 e. The van der Waals surface area contributed by atoms with Crippen molar-refractivity contribution in [2.24, 2.45) is 0 Å². The van der Waals surface area contributed by atoms with Crippen LogP contribution in [0.5, 0.6) is 5.75 Å². The van der Waals surface area contributed by atoms with Crippen molar-refractivity contribution in [3.05, 3.63) is 62.3 Å². The molecule has 0 saturated carbocycles. The minimum absolute atomic E-state index is 0.140. The van der Waals surface area contributed by atoms with Crippen LogP contribution in [0.25, 0.3) is 0 Å². The highest BCUT2D eigenvalue weighted by Gasteiger charge is 2.09. The molecule has 104 valence electrons. The van der Waals surface area contributed by atoms with Crippen LogP contribution in [-0.2, 0) is 6.61 Å². The summed E-state index contributed by atoms with van der Waals surface area (Å²) >= 11 is 6.54. The molecule has 0 aliphatic rings. The van der Waals surface area contributed by atoms with E-state index in [-0.39, 0.29) is 18.0 Å². The van der Waals surface area contributed by atoms with Gasteiger partial charge in [0.2, 0.25) is 0 Å². The Labute approximate surface area is 131 Å². The Hall–Kier alpha value is -1.40. The summed E-state index contributed by atoms with van der Waals surface area (Å²) in [6.07, 6.45) is 0. The van der Waals surface area contributed by atoms with Crippen molar-refractivity contribution >= 4 is 37.8 Å². The van der Waals surface area contributed by atoms with Gasteiger partial charge in [-0.05, 0) is 46.3 Å². The van der Waals surface area contributed by atoms with Crippen LogP contribution in [0.15, 0.2) is 45.3 Å². The molecule has 0 fully saturated rings. The van der Waals surface area contributed by atoms with Gasteiger partial charge in [0, 0.05) is 10.0 Å². The predicted octanol–water partition coefficient (Wildman–Crippen LogP) is 4.63. The molecule has 0 aliphatic heterocycles. The lowest BCUT2D eigenvalue weighted by atomic mass is 10.2. The summed E-state index contributed by atoms with van der Waals surface area (Å²) < 4.78 is 19.8. The maximum atomic E-state index is 13.0. The Bertz CT molecular complexity index is 659. The van der Waals surface area contributed by atoms with Crippen molar-refractivity contribution in [2.75, 3.05) is 0 Å². The van der Waals surface area contributed by atoms with Crippen molar-refractivity contribution in [1.82, 2.24) is 0 Å². The van der Waals surface area contributed by atoms with Crippen LogP contribution in [0, 0.1) is 5.82 Å². The Morgan fingerprint density at radius 2 is 1.90 bits per heavy atom. The summed E-state index contributed by atoms with van der Waals surface area (Å²) in [4.78, 5) is 10.9. The lowest BCUT2D eigenvalue weighted by Crippen LogP contribution is -2.00. The standard InChI is InChI=1S/C14H9Br2FO3/c15-11-4-2-8(14(18)19)5-13(11)20-7-9-1-3-10(17)6-12(9)16/h1-6H,7H2,(H,18,19). The average Bonchev–Trinajstić information content (AvgIpc) is 2.39. The number of carbonyl (C=O) groups is 1. The number of benzene rings is 2. The number of aromatic carboxylic acids is 1. The van der Waals surface area contributed by atoms with Gasteiger partial charge in [-0.25, -0.2) is 9.18 Å². The molecule has 0 heterocycles. The van der Waals surface area contributed by atoms with Gasteiger partial charge in [-0.3, -0.25) is 0 Å². The molecule has 0 radical (unpaired) electrons. The molecule has 20 heavy (non-hydrogen) atoms. The first-order chi connectivity index (χ1) is 9.47. The van der Waals surface area contributed by atoms with Gasteiger partial charge in [0.1, 0.15) is 18.2 Å². The third-order valence-electron chi connectivity index (χ3n) is 2.58. The molecule has 0 amide bonds. The number of hydrogen-bond donors (Lipinski definition) is 1. The summed E-state index contributed by atoms with van der Waals surface area (Å²) in [5, 5.41) is 8.94. The quantitative estimate of drug-likeness (QED) is 0.809. The first kappa shape index (κ1) is 15.0. The lowest BCUT2D eigenvalue weighted by Gasteiger charge is -2.10. The molecule has 0 saturated heterocycles. The molecule has 2 aromatic rings. The average molecular weight is 404 g/mol. The monoisotopic (exact) mass is 402 g/mol. The van der Waals surface area contributed by atoms with Gasteiger partial charge in [0.05, 0.1) is 10.0 Å². The van der Waals surface area contributed by atoms with E-state index in [2.05, 4.69) is 31.9 Å². The summed E-state index contributed by atoms with van der Waals surface area (Å²) in [5.74, 6) is -0.943. The van der Waals surface area contributed by atoms with Crippen LogP contribution in [0.1, 0.15) is 15.9 Å². The number of halogens is 3. The van der Waals surface area contributed by atoms with Gasteiger partial charge in [-0.1, -0.05) is 22.0 Å². The number of carboxylic acids is 1. The van der Waals surface area contributed by atoms with Crippen LogP contribution in [0.2, 0.25) is 0 Å². The molecule has 6 heteroatoms. The summed E-state index contributed by atoms with van der Waals surface area (Å²) in [6, 6.07) is 8.82. The predicted molar refractivity (Wildman–Crippen MR) is 79.5 cm³/mol. The zero-order chi connectivity index (χ0) is 14.7. The number of rotatable bonds is 4. The first-order valence-electron chi connectivity index (χ1n) is 5.57. The van der Waals surface area contributed by atoms with Gasteiger partial charge in [-0.2, -0.15) is 0 Å². The molecular weight excluding hydrogens is 395 g/mol. The van der Waals surface area contributed by atoms with Crippen molar-refractivity contribution in [1.29, 1.82) is 0 Å². The smallest absolute Gasteiger partial charge is 0.335 e. The van der Waals surface area contributed by atoms with E-state index in [1.54, 1.807) is 12.1 Å². The van der Waals surface area contributed by atoms with E-state index in [9.17, 15) is 9.18 Å². The van der Waals surface area contributed by atoms with E-state index in [1.165, 1.54) is 24.3 Å². The van der Waals surface area contributed by atoms with Gasteiger partial charge in [0.15, 0.2) is 0 Å². The molecule has 0 bridgehead atoms. The van der Waals surface area contributed by atoms with Gasteiger partial charge >= 0.3 is 5.97 Å². The van der Waals surface area contributed by atoms with E-state index in [0.717, 1.165) is 5.56 Å². The molecule has 0 spiro atoms. The third kappa shape index (κ3) is 3.58. The molecular formula is C14H9Br2FO3. The molecule has 1 N–H and O–H groups in total. The molecule has 0 aliphatic carbocycles. The lowest BCUT2D eigenvalue weighted by molar-refractivity contribution is 0.0696. The number of carboxylic acid groups (broad SMARTS) is 1. The maximum absolute atomic E-state index is 13.0. The molecule has 2 rings (SSSR count). The highest BCUT2D eigenvalue weighted by atomic mass is 79.9. The fourth-order valence-electron chi connectivity index (χ4n) is 1.54. The molecule has 0 atom stereocenters. The number of hydrogen-bond acceptors (Lipinski definition) is 2. The minimum Gasteiger partial charge on any atom is -0.488 e. The fraction of sp³-hybridized carbons (Fsp3) is 0.0714. The zero-order valence-corrected chi connectivity index (χ0v) is 13.2. The SMILES string of the molecule is O=C(O)c1ccc(Br)c(OCc2ccc(F)cc2Br)c1. The Morgan fingerprint density at radius 1 is 1.15 bits per heavy atom. The summed E-state index contributed by atoms with van der Waals surface area (Å²) in [5.41, 5.74) is 0.903. The van der Waals surface area contributed by atoms with Gasteiger partial charge in [-0.15, -0.1) is 0 Å². The van der Waals surface area contributed by atoms with Gasteiger partial charge in [0.25, 0.3) is 0 Å². The Kier molecular flexibility index (Phi) is 4.77. The van der Waals surface area contributed by atoms with Crippen LogP contribution >= 0.6 is 31.9 Å². The van der Waals surface area contributed by atoms with Crippen molar-refractivity contribution in [3.8, 4) is 5.75 Å². The second-order valence-electron chi connectivity index (χ2n) is 3.97. The largest absolute Gasteiger partial charge is 0.488 e. The van der Waals surface area contributed by atoms with Crippen LogP contribution < -0.4 is 4.74 Å². The van der Waals surface area contributed by atoms with Crippen LogP contribution in [-0.4, -0.2) is 11.1 Å². The third-order valence-corrected chi connectivity index (χ3v) is 3.97. The first-order valence-corrected chi connectivity index (χ1v) is 7.15. The second kappa shape index (κ2) is 6.37. The molecule has 0 aromatic heterocycles. The highest BCUT2D eigenvalue weighted by Crippen LogP contribution is 2.28. The molecule has 0 unspecified atom stereocenters. The normalized spacial score (nSPS) is 10.3. The van der Waals surface area contributed by atoms with Crippen molar-refractivity contribution < 1.29 is 19.0 Å². The van der Waals surface area contributed by atoms with E-state index in [4.69, 9.17) is 9.84 Å². The zero-order valence-electron chi connectivity index (χ0n) is 10.1. The minimum atomic E-state index is -1.02. The fourth-order valence-corrected chi connectivity index (χ4v) is 2.37. The van der Waals surface area contributed by atoms with Crippen molar-refractivity contribution in [3.63, 3.8) is 0 Å². The second-order valence-corrected chi connectivity index (χ2v) is 5.68. The van der Waals surface area contributed by atoms with Gasteiger partial charge < -0.3 is 9.84 Å². The topological polar surface area (TPSA) is 46.5 Å². The number of ether oxygens (including phenoxy) is 1. The Balaban J connectivity index is 2.18. The van der Waals surface area contributed by atoms with Crippen LogP contribution in [0.3, 0.4) is 0 Å². The Morgan fingerprint density at radius 3 is 2.55 bits per heavy atom. The van der Waals surface area contributed by atoms with Crippen LogP contribution in [0.4, 0.5) is 4.39 Å². The van der Waals surface area contributed by atoms with E-state index in [0.29, 0.717) is 14.7 Å². The van der Waals surface area contributed by atoms with E-state index >= 15 is 0 Å².